The van der Waals surface area contributed by atoms with Crippen LogP contribution in [0.15, 0.2) is 12.4 Å². The van der Waals surface area contributed by atoms with Crippen molar-refractivity contribution in [3.05, 3.63) is 12.4 Å². The van der Waals surface area contributed by atoms with E-state index in [1.807, 2.05) is 6.92 Å². The molecular formula is C12H18F3N5O3S. The molecule has 0 saturated carbocycles. The van der Waals surface area contributed by atoms with Gasteiger partial charge in [-0.25, -0.2) is 13.2 Å². The first kappa shape index (κ1) is 18.5. The molecule has 12 heteroatoms. The molecule has 2 N–H and O–H groups in total. The predicted octanol–water partition coefficient (Wildman–Crippen LogP) is 1.34. The van der Waals surface area contributed by atoms with Crippen molar-refractivity contribution >= 4 is 21.7 Å². The fourth-order valence-electron chi connectivity index (χ4n) is 2.34. The quantitative estimate of drug-likeness (QED) is 0.837. The number of nitrogens with one attached hydrogen (secondary N) is 2. The second-order valence-electron chi connectivity index (χ2n) is 5.31. The summed E-state index contributed by atoms with van der Waals surface area (Å²) in [5.41, 5.74) is -4.81. The van der Waals surface area contributed by atoms with Crippen molar-refractivity contribution in [3.8, 4) is 0 Å². The van der Waals surface area contributed by atoms with Gasteiger partial charge >= 0.3 is 21.6 Å². The maximum absolute atomic E-state index is 12.5. The smallest absolute Gasteiger partial charge is 0.335 e. The Hall–Kier alpha value is -1.82. The number of halogens is 3. The number of alkyl halides is 3. The molecule has 1 aliphatic heterocycles. The van der Waals surface area contributed by atoms with Gasteiger partial charge in [0.2, 0.25) is 0 Å². The second kappa shape index (κ2) is 6.97. The number of urea groups is 1. The van der Waals surface area contributed by atoms with E-state index >= 15 is 0 Å². The SMILES string of the molecule is CCn1cc(NC(=O)NC2CCN(S(=O)(=O)C(F)(F)F)CC2)cn1. The normalized spacial score (nSPS) is 17.7. The third kappa shape index (κ3) is 4.17. The van der Waals surface area contributed by atoms with Crippen LogP contribution in [0.1, 0.15) is 19.8 Å². The molecule has 0 radical (unpaired) electrons. The number of aromatic nitrogens is 2. The Morgan fingerprint density at radius 3 is 2.50 bits per heavy atom. The zero-order valence-electron chi connectivity index (χ0n) is 12.9. The van der Waals surface area contributed by atoms with Gasteiger partial charge in [0, 0.05) is 31.9 Å². The van der Waals surface area contributed by atoms with E-state index < -0.39 is 27.6 Å². The van der Waals surface area contributed by atoms with Gasteiger partial charge in [0.25, 0.3) is 0 Å². The third-order valence-corrected chi connectivity index (χ3v) is 5.27. The number of hydrogen-bond donors (Lipinski definition) is 2. The molecular weight excluding hydrogens is 351 g/mol. The van der Waals surface area contributed by atoms with Crippen molar-refractivity contribution in [2.24, 2.45) is 0 Å². The van der Waals surface area contributed by atoms with Crippen molar-refractivity contribution in [2.45, 2.75) is 37.9 Å². The van der Waals surface area contributed by atoms with Gasteiger partial charge in [-0.15, -0.1) is 0 Å². The van der Waals surface area contributed by atoms with E-state index in [2.05, 4.69) is 15.7 Å². The molecule has 2 heterocycles. The third-order valence-electron chi connectivity index (χ3n) is 3.64. The highest BCUT2D eigenvalue weighted by molar-refractivity contribution is 7.90. The van der Waals surface area contributed by atoms with Gasteiger partial charge in [-0.05, 0) is 19.8 Å². The van der Waals surface area contributed by atoms with E-state index in [1.165, 1.54) is 6.20 Å². The van der Waals surface area contributed by atoms with Crippen LogP contribution in [-0.2, 0) is 16.6 Å². The van der Waals surface area contributed by atoms with Crippen LogP contribution in [0.25, 0.3) is 0 Å². The Morgan fingerprint density at radius 2 is 2.00 bits per heavy atom. The highest BCUT2D eigenvalue weighted by atomic mass is 32.2. The second-order valence-corrected chi connectivity index (χ2v) is 7.24. The van der Waals surface area contributed by atoms with Crippen LogP contribution in [0.3, 0.4) is 0 Å². The molecule has 0 bridgehead atoms. The van der Waals surface area contributed by atoms with Crippen LogP contribution in [0.5, 0.6) is 0 Å². The molecule has 0 spiro atoms. The first-order chi connectivity index (χ1) is 11.1. The van der Waals surface area contributed by atoms with E-state index in [1.54, 1.807) is 10.9 Å². The molecule has 2 amide bonds. The Morgan fingerprint density at radius 1 is 1.38 bits per heavy atom. The molecule has 136 valence electrons. The van der Waals surface area contributed by atoms with Gasteiger partial charge in [-0.2, -0.15) is 22.6 Å². The molecule has 2 rings (SSSR count). The number of carbonyl (C=O) groups is 1. The highest BCUT2D eigenvalue weighted by Crippen LogP contribution is 2.28. The minimum atomic E-state index is -5.31. The summed E-state index contributed by atoms with van der Waals surface area (Å²) in [5, 5.41) is 9.17. The van der Waals surface area contributed by atoms with Crippen molar-refractivity contribution in [2.75, 3.05) is 18.4 Å². The number of hydrogen-bond acceptors (Lipinski definition) is 4. The summed E-state index contributed by atoms with van der Waals surface area (Å²) in [7, 11) is -5.31. The number of aryl methyl sites for hydroxylation is 1. The Labute approximate surface area is 137 Å². The minimum Gasteiger partial charge on any atom is -0.335 e. The lowest BCUT2D eigenvalue weighted by Crippen LogP contribution is -2.50. The molecule has 1 saturated heterocycles. The number of amides is 2. The maximum atomic E-state index is 12.5. The average molecular weight is 369 g/mol. The van der Waals surface area contributed by atoms with Crippen LogP contribution in [0.4, 0.5) is 23.7 Å². The Balaban J connectivity index is 1.83. The molecule has 0 aliphatic carbocycles. The molecule has 1 aromatic heterocycles. The zero-order chi connectivity index (χ0) is 18.0. The van der Waals surface area contributed by atoms with Crippen LogP contribution in [0, 0.1) is 0 Å². The molecule has 1 aromatic rings. The predicted molar refractivity (Wildman–Crippen MR) is 79.6 cm³/mol. The van der Waals surface area contributed by atoms with Gasteiger partial charge in [0.05, 0.1) is 11.9 Å². The Kier molecular flexibility index (Phi) is 5.38. The summed E-state index contributed by atoms with van der Waals surface area (Å²) in [6, 6.07) is -0.909. The molecule has 24 heavy (non-hydrogen) atoms. The topological polar surface area (TPSA) is 96.3 Å². The largest absolute Gasteiger partial charge is 0.511 e. The molecule has 0 unspecified atom stereocenters. The molecule has 1 aliphatic rings. The zero-order valence-corrected chi connectivity index (χ0v) is 13.7. The lowest BCUT2D eigenvalue weighted by Gasteiger charge is -2.31. The lowest BCUT2D eigenvalue weighted by molar-refractivity contribution is -0.0495. The monoisotopic (exact) mass is 369 g/mol. The van der Waals surface area contributed by atoms with E-state index in [0.29, 0.717) is 16.5 Å². The molecule has 0 atom stereocenters. The average Bonchev–Trinajstić information content (AvgIpc) is 2.94. The van der Waals surface area contributed by atoms with Crippen LogP contribution < -0.4 is 10.6 Å². The van der Waals surface area contributed by atoms with Crippen LogP contribution >= 0.6 is 0 Å². The number of carbonyl (C=O) groups excluding carboxylic acids is 1. The van der Waals surface area contributed by atoms with Gasteiger partial charge < -0.3 is 10.6 Å². The van der Waals surface area contributed by atoms with Crippen molar-refractivity contribution in [1.82, 2.24) is 19.4 Å². The summed E-state index contributed by atoms with van der Waals surface area (Å²) >= 11 is 0. The summed E-state index contributed by atoms with van der Waals surface area (Å²) in [6.45, 7) is 1.95. The molecule has 8 nitrogen and oxygen atoms in total. The number of piperidine rings is 1. The van der Waals surface area contributed by atoms with Gasteiger partial charge in [-0.1, -0.05) is 0 Å². The van der Waals surface area contributed by atoms with E-state index in [9.17, 15) is 26.4 Å². The first-order valence-corrected chi connectivity index (χ1v) is 8.74. The van der Waals surface area contributed by atoms with E-state index in [-0.39, 0.29) is 25.9 Å². The van der Waals surface area contributed by atoms with Gasteiger partial charge in [0.1, 0.15) is 0 Å². The minimum absolute atomic E-state index is 0.108. The highest BCUT2D eigenvalue weighted by Gasteiger charge is 2.50. The van der Waals surface area contributed by atoms with Gasteiger partial charge in [-0.3, -0.25) is 4.68 Å². The summed E-state index contributed by atoms with van der Waals surface area (Å²) in [6.07, 6.45) is 3.33. The van der Waals surface area contributed by atoms with E-state index in [4.69, 9.17) is 0 Å². The van der Waals surface area contributed by atoms with Gasteiger partial charge in [0.15, 0.2) is 0 Å². The van der Waals surface area contributed by atoms with Crippen molar-refractivity contribution in [1.29, 1.82) is 0 Å². The van der Waals surface area contributed by atoms with Crippen LogP contribution in [0.2, 0.25) is 0 Å². The summed E-state index contributed by atoms with van der Waals surface area (Å²) in [4.78, 5) is 11.8. The number of rotatable bonds is 4. The molecule has 0 aromatic carbocycles. The fraction of sp³-hybridized carbons (Fsp3) is 0.667. The Bertz CT molecular complexity index is 680. The number of sulfonamides is 1. The summed E-state index contributed by atoms with van der Waals surface area (Å²) < 4.78 is 62.1. The van der Waals surface area contributed by atoms with E-state index in [0.717, 1.165) is 0 Å². The van der Waals surface area contributed by atoms with Crippen LogP contribution in [-0.4, -0.2) is 53.2 Å². The lowest BCUT2D eigenvalue weighted by atomic mass is 10.1. The number of nitrogens with zero attached hydrogens (tertiary/aromatic N) is 3. The van der Waals surface area contributed by atoms with Crippen molar-refractivity contribution in [3.63, 3.8) is 0 Å². The molecule has 1 fully saturated rings. The maximum Gasteiger partial charge on any atom is 0.511 e. The number of anilines is 1. The standard InChI is InChI=1S/C12H18F3N5O3S/c1-2-19-8-10(7-16-19)18-11(21)17-9-3-5-20(6-4-9)24(22,23)12(13,14)15/h7-9H,2-6H2,1H3,(H2,17,18,21). The fourth-order valence-corrected chi connectivity index (χ4v) is 3.32. The first-order valence-electron chi connectivity index (χ1n) is 7.30. The summed E-state index contributed by atoms with van der Waals surface area (Å²) in [5.74, 6) is 0. The van der Waals surface area contributed by atoms with Crippen molar-refractivity contribution < 1.29 is 26.4 Å².